The number of hydrogen-bond donors (Lipinski definition) is 1. The third-order valence-electron chi connectivity index (χ3n) is 0.566. The maximum absolute atomic E-state index is 8.36. The summed E-state index contributed by atoms with van der Waals surface area (Å²) in [6.07, 6.45) is 3.50. The van der Waals surface area contributed by atoms with Crippen LogP contribution in [0.3, 0.4) is 0 Å². The molecule has 0 saturated heterocycles. The smallest absolute Gasteiger partial charge is 0.291 e. The first-order valence-corrected chi connectivity index (χ1v) is 2.41. The molecule has 5 nitrogen and oxygen atoms in total. The summed E-state index contributed by atoms with van der Waals surface area (Å²) >= 11 is 0. The van der Waals surface area contributed by atoms with Crippen LogP contribution in [-0.2, 0) is 27.3 Å². The second kappa shape index (κ2) is 9.27. The van der Waals surface area contributed by atoms with Crippen molar-refractivity contribution in [3.05, 3.63) is 40.7 Å². The number of pyridine rings is 1. The van der Waals surface area contributed by atoms with Gasteiger partial charge in [0.2, 0.25) is 0 Å². The molecule has 0 bridgehead atoms. The molecule has 0 radical (unpaired) electrons. The Hall–Kier alpha value is -0.728. The van der Waals surface area contributed by atoms with Gasteiger partial charge in [-0.05, 0) is 12.1 Å². The van der Waals surface area contributed by atoms with Crippen molar-refractivity contribution in [3.8, 4) is 0 Å². The Bertz CT molecular complexity index is 152. The third-order valence-corrected chi connectivity index (χ3v) is 0.566. The van der Waals surface area contributed by atoms with E-state index in [4.69, 9.17) is 15.3 Å². The van der Waals surface area contributed by atoms with Gasteiger partial charge < -0.3 is 5.21 Å². The van der Waals surface area contributed by atoms with Crippen LogP contribution in [-0.4, -0.2) is 15.3 Å². The van der Waals surface area contributed by atoms with Crippen LogP contribution in [0.5, 0.6) is 0 Å². The van der Waals surface area contributed by atoms with E-state index >= 15 is 0 Å². The topological polar surface area (TPSA) is 76.3 Å². The molecule has 0 aliphatic carbocycles. The average molecular weight is 255 g/mol. The van der Waals surface area contributed by atoms with Gasteiger partial charge in [0.05, 0.1) is 0 Å². The normalized spacial score (nSPS) is 6.55. The van der Waals surface area contributed by atoms with Crippen molar-refractivity contribution in [2.75, 3.05) is 0 Å². The van der Waals surface area contributed by atoms with Crippen LogP contribution in [0.25, 0.3) is 0 Å². The Balaban J connectivity index is 0. The zero-order chi connectivity index (χ0) is 7.82. The molecule has 0 amide bonds. The molecule has 0 spiro atoms. The first-order chi connectivity index (χ1) is 4.73. The Morgan fingerprint density at radius 3 is 1.73 bits per heavy atom. The minimum Gasteiger partial charge on any atom is -0.328 e. The summed E-state index contributed by atoms with van der Waals surface area (Å²) in [6.45, 7) is 0. The number of nitrogens with zero attached hydrogens (tertiary/aromatic N) is 2. The van der Waals surface area contributed by atoms with E-state index in [0.29, 0.717) is 0 Å². The Morgan fingerprint density at radius 2 is 1.64 bits per heavy atom. The number of aromatic nitrogens is 1. The molecule has 1 rings (SSSR count). The first-order valence-electron chi connectivity index (χ1n) is 2.41. The summed E-state index contributed by atoms with van der Waals surface area (Å²) < 4.78 is 0. The standard InChI is InChI=1S/C5H5N.Cd.HNO3/c1-2-4-6-5-3-1;;2-1(3)4/h1-5H;;(H,2,3,4). The molecule has 0 aromatic carbocycles. The Morgan fingerprint density at radius 1 is 1.27 bits per heavy atom. The van der Waals surface area contributed by atoms with Gasteiger partial charge in [0.1, 0.15) is 0 Å². The largest absolute Gasteiger partial charge is 0.328 e. The Kier molecular flexibility index (Phi) is 10.9. The van der Waals surface area contributed by atoms with E-state index in [1.807, 2.05) is 18.2 Å². The van der Waals surface area contributed by atoms with Crippen molar-refractivity contribution in [1.29, 1.82) is 0 Å². The molecule has 0 saturated carbocycles. The van der Waals surface area contributed by atoms with E-state index in [2.05, 4.69) is 4.98 Å². The van der Waals surface area contributed by atoms with Crippen LogP contribution in [0.4, 0.5) is 0 Å². The minimum atomic E-state index is -1.50. The molecular formula is C5H6CdN2O3. The molecule has 0 unspecified atom stereocenters. The first kappa shape index (κ1) is 12.9. The maximum Gasteiger partial charge on any atom is 0.291 e. The van der Waals surface area contributed by atoms with Crippen molar-refractivity contribution in [3.63, 3.8) is 0 Å². The van der Waals surface area contributed by atoms with Gasteiger partial charge in [0, 0.05) is 39.7 Å². The van der Waals surface area contributed by atoms with Crippen LogP contribution in [0, 0.1) is 10.1 Å². The van der Waals surface area contributed by atoms with E-state index in [9.17, 15) is 0 Å². The maximum atomic E-state index is 8.36. The summed E-state index contributed by atoms with van der Waals surface area (Å²) in [5, 5.41) is 13.6. The molecular weight excluding hydrogens is 248 g/mol. The molecule has 11 heavy (non-hydrogen) atoms. The quantitative estimate of drug-likeness (QED) is 0.421. The molecule has 1 N–H and O–H groups in total. The van der Waals surface area contributed by atoms with Crippen molar-refractivity contribution < 1.29 is 37.6 Å². The van der Waals surface area contributed by atoms with E-state index in [0.717, 1.165) is 0 Å². The van der Waals surface area contributed by atoms with Crippen LogP contribution in [0.2, 0.25) is 0 Å². The summed E-state index contributed by atoms with van der Waals surface area (Å²) in [4.78, 5) is 12.1. The fraction of sp³-hybridized carbons (Fsp3) is 0. The van der Waals surface area contributed by atoms with Crippen LogP contribution in [0.15, 0.2) is 30.6 Å². The van der Waals surface area contributed by atoms with Crippen LogP contribution >= 0.6 is 0 Å². The molecule has 0 aliphatic rings. The average Bonchev–Trinajstić information content (AvgIpc) is 1.90. The van der Waals surface area contributed by atoms with Crippen molar-refractivity contribution in [2.24, 2.45) is 0 Å². The number of rotatable bonds is 0. The van der Waals surface area contributed by atoms with E-state index in [1.165, 1.54) is 0 Å². The predicted molar refractivity (Wildman–Crippen MR) is 33.0 cm³/mol. The monoisotopic (exact) mass is 256 g/mol. The summed E-state index contributed by atoms with van der Waals surface area (Å²) in [5.41, 5.74) is 0. The molecule has 1 aromatic rings. The van der Waals surface area contributed by atoms with Gasteiger partial charge in [0.25, 0.3) is 5.09 Å². The van der Waals surface area contributed by atoms with E-state index in [-0.39, 0.29) is 27.3 Å². The van der Waals surface area contributed by atoms with E-state index < -0.39 is 5.09 Å². The van der Waals surface area contributed by atoms with Gasteiger partial charge >= 0.3 is 0 Å². The van der Waals surface area contributed by atoms with Crippen molar-refractivity contribution >= 4 is 0 Å². The molecule has 56 valence electrons. The van der Waals surface area contributed by atoms with Gasteiger partial charge in [0.15, 0.2) is 0 Å². The van der Waals surface area contributed by atoms with Crippen molar-refractivity contribution in [1.82, 2.24) is 4.98 Å². The molecule has 0 atom stereocenters. The summed E-state index contributed by atoms with van der Waals surface area (Å²) in [7, 11) is 0. The number of hydrogen-bond acceptors (Lipinski definition) is 3. The van der Waals surface area contributed by atoms with Gasteiger partial charge in [-0.15, -0.1) is 10.1 Å². The van der Waals surface area contributed by atoms with Crippen LogP contribution in [0.1, 0.15) is 0 Å². The van der Waals surface area contributed by atoms with Gasteiger partial charge in [-0.1, -0.05) is 6.07 Å². The third kappa shape index (κ3) is 17.6. The molecule has 0 fully saturated rings. The molecule has 6 heteroatoms. The van der Waals surface area contributed by atoms with Gasteiger partial charge in [-0.25, -0.2) is 0 Å². The van der Waals surface area contributed by atoms with Gasteiger partial charge in [-0.2, -0.15) is 0 Å². The van der Waals surface area contributed by atoms with Crippen molar-refractivity contribution in [2.45, 2.75) is 0 Å². The second-order valence-corrected chi connectivity index (χ2v) is 1.26. The Labute approximate surface area is 83.3 Å². The summed E-state index contributed by atoms with van der Waals surface area (Å²) in [5.74, 6) is 0. The summed E-state index contributed by atoms with van der Waals surface area (Å²) in [6, 6.07) is 5.72. The molecule has 1 heterocycles. The fourth-order valence-corrected chi connectivity index (χ4v) is 0.313. The zero-order valence-corrected chi connectivity index (χ0v) is 9.79. The van der Waals surface area contributed by atoms with Gasteiger partial charge in [-0.3, -0.25) is 4.98 Å². The fourth-order valence-electron chi connectivity index (χ4n) is 0.313. The SMILES string of the molecule is O=[N+]([O-])O.[Cd].c1ccncc1. The van der Waals surface area contributed by atoms with E-state index in [1.54, 1.807) is 12.4 Å². The predicted octanol–water partition coefficient (Wildman–Crippen LogP) is 0.731. The molecule has 0 aliphatic heterocycles. The molecule has 1 aromatic heterocycles. The second-order valence-electron chi connectivity index (χ2n) is 1.26. The minimum absolute atomic E-state index is 0. The van der Waals surface area contributed by atoms with Crippen LogP contribution < -0.4 is 0 Å². The zero-order valence-electron chi connectivity index (χ0n) is 5.75.